The van der Waals surface area contributed by atoms with Crippen molar-refractivity contribution in [3.05, 3.63) is 70.3 Å². The fraction of sp³-hybridized carbons (Fsp3) is 0.448. The van der Waals surface area contributed by atoms with Crippen molar-refractivity contribution in [2.24, 2.45) is 5.92 Å². The first-order valence-electron chi connectivity index (χ1n) is 12.5. The van der Waals surface area contributed by atoms with Gasteiger partial charge in [-0.1, -0.05) is 57.5 Å². The Bertz CT molecular complexity index is 1080. The fourth-order valence-electron chi connectivity index (χ4n) is 4.37. The predicted octanol–water partition coefficient (Wildman–Crippen LogP) is 5.10. The molecule has 1 saturated heterocycles. The summed E-state index contributed by atoms with van der Waals surface area (Å²) in [6.45, 7) is 15.6. The van der Waals surface area contributed by atoms with Gasteiger partial charge in [-0.05, 0) is 62.2 Å². The van der Waals surface area contributed by atoms with E-state index in [0.717, 1.165) is 35.5 Å². The summed E-state index contributed by atoms with van der Waals surface area (Å²) in [5.74, 6) is -0.240. The van der Waals surface area contributed by atoms with Crippen molar-refractivity contribution in [2.75, 3.05) is 32.8 Å². The third-order valence-electron chi connectivity index (χ3n) is 6.51. The van der Waals surface area contributed by atoms with Crippen LogP contribution in [0.25, 0.3) is 5.76 Å². The first-order chi connectivity index (χ1) is 16.7. The number of aliphatic hydroxyl groups excluding tert-OH is 1. The number of amides is 1. The Hall–Kier alpha value is -3.12. The Labute approximate surface area is 209 Å². The van der Waals surface area contributed by atoms with Gasteiger partial charge in [-0.15, -0.1) is 0 Å². The summed E-state index contributed by atoms with van der Waals surface area (Å²) in [7, 11) is 0. The quantitative estimate of drug-likeness (QED) is 0.292. The van der Waals surface area contributed by atoms with Crippen LogP contribution in [0.2, 0.25) is 0 Å². The van der Waals surface area contributed by atoms with Crippen LogP contribution in [0, 0.1) is 19.8 Å². The van der Waals surface area contributed by atoms with Crippen LogP contribution in [-0.2, 0) is 9.59 Å². The van der Waals surface area contributed by atoms with E-state index in [2.05, 4.69) is 32.6 Å². The van der Waals surface area contributed by atoms with E-state index in [1.54, 1.807) is 17.0 Å². The molecule has 1 heterocycles. The van der Waals surface area contributed by atoms with Gasteiger partial charge in [0.2, 0.25) is 0 Å². The third-order valence-corrected chi connectivity index (χ3v) is 6.51. The van der Waals surface area contributed by atoms with Gasteiger partial charge < -0.3 is 19.6 Å². The number of likely N-dealkylation sites (N-methyl/N-ethyl adjacent to an activating group) is 1. The molecule has 6 heteroatoms. The second-order valence-electron chi connectivity index (χ2n) is 9.62. The molecule has 1 N–H and O–H groups in total. The maximum atomic E-state index is 13.2. The van der Waals surface area contributed by atoms with Crippen molar-refractivity contribution < 1.29 is 19.4 Å². The number of aryl methyl sites for hydroxylation is 2. The van der Waals surface area contributed by atoms with Crippen molar-refractivity contribution in [3.63, 3.8) is 0 Å². The monoisotopic (exact) mass is 478 g/mol. The lowest BCUT2D eigenvalue weighted by Crippen LogP contribution is -2.38. The van der Waals surface area contributed by atoms with E-state index in [-0.39, 0.29) is 11.3 Å². The molecule has 0 aliphatic carbocycles. The number of rotatable bonds is 10. The highest BCUT2D eigenvalue weighted by molar-refractivity contribution is 6.46. The zero-order chi connectivity index (χ0) is 25.7. The number of aliphatic hydroxyl groups is 1. The summed E-state index contributed by atoms with van der Waals surface area (Å²) in [5, 5.41) is 11.3. The lowest BCUT2D eigenvalue weighted by atomic mass is 9.94. The van der Waals surface area contributed by atoms with Crippen molar-refractivity contribution in [1.82, 2.24) is 9.80 Å². The number of hydrogen-bond acceptors (Lipinski definition) is 5. The fourth-order valence-corrected chi connectivity index (χ4v) is 4.37. The van der Waals surface area contributed by atoms with E-state index in [1.165, 1.54) is 0 Å². The van der Waals surface area contributed by atoms with Gasteiger partial charge in [-0.25, -0.2) is 0 Å². The molecule has 2 aromatic rings. The maximum Gasteiger partial charge on any atom is 0.295 e. The summed E-state index contributed by atoms with van der Waals surface area (Å²) in [6, 6.07) is 12.5. The Morgan fingerprint density at radius 1 is 1.06 bits per heavy atom. The normalized spacial score (nSPS) is 17.6. The van der Waals surface area contributed by atoms with Crippen LogP contribution < -0.4 is 4.74 Å². The summed E-state index contributed by atoms with van der Waals surface area (Å²) in [4.78, 5) is 30.2. The predicted molar refractivity (Wildman–Crippen MR) is 139 cm³/mol. The summed E-state index contributed by atoms with van der Waals surface area (Å²) >= 11 is 0. The minimum Gasteiger partial charge on any atom is -0.507 e. The van der Waals surface area contributed by atoms with Gasteiger partial charge in [-0.3, -0.25) is 9.59 Å². The number of Topliss-reactive ketones (excluding diaryl/α,β-unsaturated/α-hetero) is 1. The van der Waals surface area contributed by atoms with Gasteiger partial charge in [0.25, 0.3) is 11.7 Å². The van der Waals surface area contributed by atoms with E-state index in [1.807, 2.05) is 44.2 Å². The zero-order valence-electron chi connectivity index (χ0n) is 21.8. The zero-order valence-corrected chi connectivity index (χ0v) is 21.8. The Morgan fingerprint density at radius 2 is 1.71 bits per heavy atom. The minimum absolute atomic E-state index is 0.133. The Morgan fingerprint density at radius 3 is 2.29 bits per heavy atom. The summed E-state index contributed by atoms with van der Waals surface area (Å²) < 4.78 is 5.86. The second-order valence-corrected chi connectivity index (χ2v) is 9.62. The number of likely N-dealkylation sites (tertiary alicyclic amines) is 1. The molecule has 3 rings (SSSR count). The van der Waals surface area contributed by atoms with Crippen molar-refractivity contribution in [1.29, 1.82) is 0 Å². The molecule has 0 radical (unpaired) electrons. The average Bonchev–Trinajstić information content (AvgIpc) is 3.08. The maximum absolute atomic E-state index is 13.2. The Balaban J connectivity index is 2.04. The molecule has 1 atom stereocenters. The molecule has 35 heavy (non-hydrogen) atoms. The van der Waals surface area contributed by atoms with E-state index < -0.39 is 17.7 Å². The summed E-state index contributed by atoms with van der Waals surface area (Å²) in [6.07, 6.45) is 0. The molecule has 0 aromatic heterocycles. The number of ketones is 1. The van der Waals surface area contributed by atoms with Crippen molar-refractivity contribution >= 4 is 17.4 Å². The molecule has 2 aromatic carbocycles. The van der Waals surface area contributed by atoms with Gasteiger partial charge in [0, 0.05) is 18.7 Å². The molecule has 1 aliphatic heterocycles. The molecule has 1 fully saturated rings. The topological polar surface area (TPSA) is 70.1 Å². The number of carbonyl (C=O) groups is 2. The van der Waals surface area contributed by atoms with Crippen LogP contribution in [-0.4, -0.2) is 59.4 Å². The van der Waals surface area contributed by atoms with Gasteiger partial charge in [-0.2, -0.15) is 0 Å². The highest BCUT2D eigenvalue weighted by Crippen LogP contribution is 2.39. The molecule has 1 amide bonds. The molecule has 0 saturated carbocycles. The number of ether oxygens (including phenoxy) is 1. The Kier molecular flexibility index (Phi) is 8.73. The van der Waals surface area contributed by atoms with E-state index in [9.17, 15) is 14.7 Å². The average molecular weight is 479 g/mol. The molecule has 6 nitrogen and oxygen atoms in total. The highest BCUT2D eigenvalue weighted by atomic mass is 16.5. The van der Waals surface area contributed by atoms with Gasteiger partial charge in [0.1, 0.15) is 11.5 Å². The number of hydrogen-bond donors (Lipinski definition) is 1. The van der Waals surface area contributed by atoms with Gasteiger partial charge in [0.15, 0.2) is 0 Å². The molecule has 0 spiro atoms. The molecule has 0 bridgehead atoms. The smallest absolute Gasteiger partial charge is 0.295 e. The largest absolute Gasteiger partial charge is 0.507 e. The van der Waals surface area contributed by atoms with Crippen molar-refractivity contribution in [2.45, 2.75) is 47.6 Å². The van der Waals surface area contributed by atoms with E-state index in [4.69, 9.17) is 4.74 Å². The molecular weight excluding hydrogens is 440 g/mol. The summed E-state index contributed by atoms with van der Waals surface area (Å²) in [5.41, 5.74) is 3.38. The molecule has 0 unspecified atom stereocenters. The number of benzene rings is 2. The number of carbonyl (C=O) groups excluding carboxylic acids is 2. The second kappa shape index (κ2) is 11.5. The van der Waals surface area contributed by atoms with Crippen molar-refractivity contribution in [3.8, 4) is 5.75 Å². The van der Waals surface area contributed by atoms with Crippen LogP contribution in [0.5, 0.6) is 5.75 Å². The van der Waals surface area contributed by atoms with Gasteiger partial charge in [0.05, 0.1) is 18.2 Å². The van der Waals surface area contributed by atoms with Crippen LogP contribution in [0.4, 0.5) is 0 Å². The standard InChI is InChI=1S/C29H38N2O4/c1-7-30(8-2)15-16-31-26(22-11-9-20(5)10-12-22)25(28(33)29(31)34)27(32)23-13-14-24(21(6)17-23)35-18-19(3)4/h9-14,17,19,26,32H,7-8,15-16,18H2,1-6H3/t26-/m1/s1. The molecule has 1 aliphatic rings. The van der Waals surface area contributed by atoms with E-state index >= 15 is 0 Å². The van der Waals surface area contributed by atoms with E-state index in [0.29, 0.717) is 31.2 Å². The van der Waals surface area contributed by atoms with Crippen LogP contribution in [0.1, 0.15) is 56.0 Å². The minimum atomic E-state index is -0.648. The molecular formula is C29H38N2O4. The lowest BCUT2D eigenvalue weighted by Gasteiger charge is -2.28. The van der Waals surface area contributed by atoms with Crippen LogP contribution in [0.3, 0.4) is 0 Å². The third kappa shape index (κ3) is 5.93. The SMILES string of the molecule is CCN(CC)CCN1C(=O)C(=O)C(=C(O)c2ccc(OCC(C)C)c(C)c2)[C@H]1c1ccc(C)cc1. The highest BCUT2D eigenvalue weighted by Gasteiger charge is 2.45. The lowest BCUT2D eigenvalue weighted by molar-refractivity contribution is -0.140. The first-order valence-corrected chi connectivity index (χ1v) is 12.5. The number of nitrogens with zero attached hydrogens (tertiary/aromatic N) is 2. The first kappa shape index (κ1) is 26.5. The van der Waals surface area contributed by atoms with Gasteiger partial charge >= 0.3 is 0 Å². The molecule has 188 valence electrons. The van der Waals surface area contributed by atoms with Crippen LogP contribution in [0.15, 0.2) is 48.0 Å². The van der Waals surface area contributed by atoms with Crippen LogP contribution >= 0.6 is 0 Å².